The Balaban J connectivity index is 1.66. The molecule has 2 N–H and O–H groups in total. The van der Waals surface area contributed by atoms with Gasteiger partial charge in [-0.2, -0.15) is 0 Å². The molecule has 0 aromatic rings. The lowest BCUT2D eigenvalue weighted by Crippen LogP contribution is -2.57. The van der Waals surface area contributed by atoms with Crippen LogP contribution in [0.3, 0.4) is 0 Å². The molecule has 6 heteroatoms. The number of ether oxygens (including phenoxy) is 2. The van der Waals surface area contributed by atoms with Crippen molar-refractivity contribution in [2.45, 2.75) is 52.0 Å². The van der Waals surface area contributed by atoms with Gasteiger partial charge in [0, 0.05) is 6.54 Å². The minimum absolute atomic E-state index is 0.0806. The summed E-state index contributed by atoms with van der Waals surface area (Å²) in [6, 6.07) is 0. The van der Waals surface area contributed by atoms with E-state index in [1.807, 2.05) is 20.8 Å². The van der Waals surface area contributed by atoms with Crippen molar-refractivity contribution in [3.8, 4) is 0 Å². The van der Waals surface area contributed by atoms with Gasteiger partial charge in [0.05, 0.1) is 18.8 Å². The quantitative estimate of drug-likeness (QED) is 0.564. The molecule has 2 aliphatic rings. The second-order valence-electron chi connectivity index (χ2n) is 7.81. The summed E-state index contributed by atoms with van der Waals surface area (Å²) in [5.41, 5.74) is -0.508. The lowest BCUT2D eigenvalue weighted by Gasteiger charge is -2.35. The first-order valence-corrected chi connectivity index (χ1v) is 9.12. The van der Waals surface area contributed by atoms with E-state index in [0.29, 0.717) is 31.6 Å². The van der Waals surface area contributed by atoms with Crippen LogP contribution in [0.5, 0.6) is 0 Å². The van der Waals surface area contributed by atoms with Gasteiger partial charge in [0.15, 0.2) is 0 Å². The van der Waals surface area contributed by atoms with Gasteiger partial charge < -0.3 is 20.1 Å². The third kappa shape index (κ3) is 7.18. The predicted molar refractivity (Wildman–Crippen MR) is 91.5 cm³/mol. The molecular weight excluding hydrogens is 308 g/mol. The Hall–Kier alpha value is -1.14. The summed E-state index contributed by atoms with van der Waals surface area (Å²) in [5, 5.41) is 5.88. The molecule has 0 heterocycles. The number of nitrogens with one attached hydrogen (secondary N) is 2. The molecular formula is C18H32N2O4. The highest BCUT2D eigenvalue weighted by Gasteiger charge is 2.31. The zero-order valence-electron chi connectivity index (χ0n) is 15.2. The van der Waals surface area contributed by atoms with Crippen LogP contribution >= 0.6 is 0 Å². The number of rotatable bonds is 12. The number of hydrogen-bond donors (Lipinski definition) is 2. The zero-order valence-corrected chi connectivity index (χ0v) is 15.2. The standard InChI is InChI=1S/C18H32N2O4/c1-13(2)18(3,20-17(22)11-24-9-15-6-7-15)12-19-16(21)10-23-8-14-4-5-14/h13-15H,4-12H2,1-3H3,(H,19,21)(H,20,22)/t18-/m1/s1. The van der Waals surface area contributed by atoms with Crippen molar-refractivity contribution in [1.82, 2.24) is 10.6 Å². The van der Waals surface area contributed by atoms with Gasteiger partial charge >= 0.3 is 0 Å². The van der Waals surface area contributed by atoms with Crippen molar-refractivity contribution in [3.05, 3.63) is 0 Å². The van der Waals surface area contributed by atoms with Crippen LogP contribution in [-0.2, 0) is 19.1 Å². The Morgan fingerprint density at radius 2 is 1.50 bits per heavy atom. The van der Waals surface area contributed by atoms with Gasteiger partial charge in [0.1, 0.15) is 13.2 Å². The molecule has 0 unspecified atom stereocenters. The van der Waals surface area contributed by atoms with E-state index in [0.717, 1.165) is 0 Å². The topological polar surface area (TPSA) is 76.7 Å². The predicted octanol–water partition coefficient (Wildman–Crippen LogP) is 1.49. The van der Waals surface area contributed by atoms with E-state index in [1.54, 1.807) is 0 Å². The maximum atomic E-state index is 12.1. The van der Waals surface area contributed by atoms with Crippen LogP contribution < -0.4 is 10.6 Å². The second-order valence-corrected chi connectivity index (χ2v) is 7.81. The average molecular weight is 340 g/mol. The van der Waals surface area contributed by atoms with Crippen LogP contribution in [0.15, 0.2) is 0 Å². The molecule has 2 amide bonds. The van der Waals surface area contributed by atoms with E-state index in [-0.39, 0.29) is 30.9 Å². The zero-order chi connectivity index (χ0) is 17.6. The molecule has 2 fully saturated rings. The highest BCUT2D eigenvalue weighted by atomic mass is 16.5. The Labute approximate surface area is 145 Å². The monoisotopic (exact) mass is 340 g/mol. The van der Waals surface area contributed by atoms with Crippen molar-refractivity contribution in [2.24, 2.45) is 17.8 Å². The molecule has 0 bridgehead atoms. The van der Waals surface area contributed by atoms with Crippen molar-refractivity contribution in [2.75, 3.05) is 33.0 Å². The van der Waals surface area contributed by atoms with E-state index in [4.69, 9.17) is 9.47 Å². The molecule has 1 atom stereocenters. The third-order valence-electron chi connectivity index (χ3n) is 4.92. The highest BCUT2D eigenvalue weighted by molar-refractivity contribution is 5.79. The molecule has 0 aliphatic heterocycles. The van der Waals surface area contributed by atoms with Crippen LogP contribution in [-0.4, -0.2) is 50.3 Å². The van der Waals surface area contributed by atoms with E-state index in [1.165, 1.54) is 25.7 Å². The summed E-state index contributed by atoms with van der Waals surface area (Å²) in [6.45, 7) is 7.89. The molecule has 0 spiro atoms. The SMILES string of the molecule is CC(C)[C@@](C)(CNC(=O)COCC1CC1)NC(=O)COCC1CC1. The molecule has 0 saturated heterocycles. The summed E-state index contributed by atoms with van der Waals surface area (Å²) >= 11 is 0. The van der Waals surface area contributed by atoms with Crippen LogP contribution in [0.25, 0.3) is 0 Å². The number of carbonyl (C=O) groups is 2. The largest absolute Gasteiger partial charge is 0.371 e. The molecule has 6 nitrogen and oxygen atoms in total. The number of carbonyl (C=O) groups excluding carboxylic acids is 2. The molecule has 0 aromatic heterocycles. The lowest BCUT2D eigenvalue weighted by molar-refractivity contribution is -0.130. The fraction of sp³-hybridized carbons (Fsp3) is 0.889. The highest BCUT2D eigenvalue weighted by Crippen LogP contribution is 2.29. The fourth-order valence-corrected chi connectivity index (χ4v) is 2.29. The van der Waals surface area contributed by atoms with Crippen LogP contribution in [0.2, 0.25) is 0 Å². The summed E-state index contributed by atoms with van der Waals surface area (Å²) in [7, 11) is 0. The second kappa shape index (κ2) is 8.81. The van der Waals surface area contributed by atoms with E-state index < -0.39 is 5.54 Å². The average Bonchev–Trinajstić information content (AvgIpc) is 3.39. The van der Waals surface area contributed by atoms with Gasteiger partial charge in [0.2, 0.25) is 11.8 Å². The first-order chi connectivity index (χ1) is 11.4. The molecule has 24 heavy (non-hydrogen) atoms. The van der Waals surface area contributed by atoms with Crippen LogP contribution in [0.4, 0.5) is 0 Å². The number of amides is 2. The van der Waals surface area contributed by atoms with Crippen molar-refractivity contribution >= 4 is 11.8 Å². The van der Waals surface area contributed by atoms with Gasteiger partial charge in [-0.3, -0.25) is 9.59 Å². The van der Waals surface area contributed by atoms with Crippen LogP contribution in [0, 0.1) is 17.8 Å². The normalized spacial score (nSPS) is 19.8. The Morgan fingerprint density at radius 1 is 1.00 bits per heavy atom. The van der Waals surface area contributed by atoms with Crippen molar-refractivity contribution in [3.63, 3.8) is 0 Å². The fourth-order valence-electron chi connectivity index (χ4n) is 2.29. The Morgan fingerprint density at radius 3 is 1.96 bits per heavy atom. The lowest BCUT2D eigenvalue weighted by atomic mass is 9.88. The third-order valence-corrected chi connectivity index (χ3v) is 4.92. The molecule has 2 saturated carbocycles. The Bertz CT molecular complexity index is 433. The number of hydrogen-bond acceptors (Lipinski definition) is 4. The molecule has 0 radical (unpaired) electrons. The maximum absolute atomic E-state index is 12.1. The van der Waals surface area contributed by atoms with Crippen LogP contribution in [0.1, 0.15) is 46.5 Å². The van der Waals surface area contributed by atoms with Crippen molar-refractivity contribution < 1.29 is 19.1 Å². The molecule has 0 aromatic carbocycles. The van der Waals surface area contributed by atoms with E-state index >= 15 is 0 Å². The van der Waals surface area contributed by atoms with Gasteiger partial charge in [-0.25, -0.2) is 0 Å². The first kappa shape index (κ1) is 19.2. The van der Waals surface area contributed by atoms with E-state index in [9.17, 15) is 9.59 Å². The molecule has 2 rings (SSSR count). The Kier molecular flexibility index (Phi) is 7.04. The summed E-state index contributed by atoms with van der Waals surface area (Å²) in [6.07, 6.45) is 4.84. The summed E-state index contributed by atoms with van der Waals surface area (Å²) < 4.78 is 10.8. The minimum atomic E-state index is -0.508. The first-order valence-electron chi connectivity index (χ1n) is 9.12. The van der Waals surface area contributed by atoms with Gasteiger partial charge in [-0.05, 0) is 50.4 Å². The minimum Gasteiger partial charge on any atom is -0.371 e. The van der Waals surface area contributed by atoms with Gasteiger partial charge in [-0.1, -0.05) is 13.8 Å². The van der Waals surface area contributed by atoms with Gasteiger partial charge in [0.25, 0.3) is 0 Å². The smallest absolute Gasteiger partial charge is 0.246 e. The van der Waals surface area contributed by atoms with E-state index in [2.05, 4.69) is 10.6 Å². The molecule has 2 aliphatic carbocycles. The van der Waals surface area contributed by atoms with Gasteiger partial charge in [-0.15, -0.1) is 0 Å². The summed E-state index contributed by atoms with van der Waals surface area (Å²) in [4.78, 5) is 24.0. The molecule has 138 valence electrons. The summed E-state index contributed by atoms with van der Waals surface area (Å²) in [5.74, 6) is 1.20. The maximum Gasteiger partial charge on any atom is 0.246 e. The van der Waals surface area contributed by atoms with Crippen molar-refractivity contribution in [1.29, 1.82) is 0 Å².